The van der Waals surface area contributed by atoms with Gasteiger partial charge in [0.15, 0.2) is 0 Å². The predicted octanol–water partition coefficient (Wildman–Crippen LogP) is 5.27. The van der Waals surface area contributed by atoms with Gasteiger partial charge in [0, 0.05) is 32.0 Å². The van der Waals surface area contributed by atoms with E-state index in [0.717, 1.165) is 28.7 Å². The molecule has 3 aromatic rings. The first-order valence-electron chi connectivity index (χ1n) is 14.2. The lowest BCUT2D eigenvalue weighted by Gasteiger charge is -2.32. The molecule has 2 amide bonds. The Bertz CT molecular complexity index is 1390. The lowest BCUT2D eigenvalue weighted by atomic mass is 10.0. The van der Waals surface area contributed by atoms with E-state index in [1.165, 1.54) is 10.6 Å². The average molecular weight is 578 g/mol. The van der Waals surface area contributed by atoms with Crippen molar-refractivity contribution in [1.29, 1.82) is 0 Å². The molecule has 0 radical (unpaired) electrons. The van der Waals surface area contributed by atoms with Crippen molar-refractivity contribution < 1.29 is 18.0 Å². The summed E-state index contributed by atoms with van der Waals surface area (Å²) in [5.41, 5.74) is 4.65. The van der Waals surface area contributed by atoms with E-state index in [9.17, 15) is 18.0 Å². The van der Waals surface area contributed by atoms with Gasteiger partial charge in [0.1, 0.15) is 6.04 Å². The van der Waals surface area contributed by atoms with Crippen LogP contribution in [-0.2, 0) is 39.0 Å². The highest BCUT2D eigenvalue weighted by Gasteiger charge is 2.31. The quantitative estimate of drug-likeness (QED) is 0.283. The largest absolute Gasteiger partial charge is 0.352 e. The number of carbonyl (C=O) groups excluding carboxylic acids is 2. The molecular formula is C33H43N3O4S. The first-order chi connectivity index (χ1) is 19.5. The highest BCUT2D eigenvalue weighted by Crippen LogP contribution is 2.21. The summed E-state index contributed by atoms with van der Waals surface area (Å²) in [6, 6.07) is 24.2. The fourth-order valence-electron chi connectivity index (χ4n) is 4.84. The van der Waals surface area contributed by atoms with Gasteiger partial charge in [0.05, 0.1) is 11.9 Å². The molecule has 1 N–H and O–H groups in total. The molecule has 1 atom stereocenters. The number of carbonyl (C=O) groups is 2. The van der Waals surface area contributed by atoms with E-state index in [2.05, 4.69) is 5.32 Å². The standard InChI is InChI=1S/C33H43N3O4S/c1-6-27-17-19-30(20-18-27)36(41(5,39)40)21-11-16-32(37)35(24-29-15-10-12-26(4)22-29)31(33(38)34-25(2)3)23-28-13-8-7-9-14-28/h7-10,12-15,17-20,22,25,31H,6,11,16,21,23-24H2,1-5H3,(H,34,38)/t31-/m1/s1. The van der Waals surface area contributed by atoms with Crippen molar-refractivity contribution in [2.75, 3.05) is 17.1 Å². The van der Waals surface area contributed by atoms with Gasteiger partial charge in [-0.15, -0.1) is 0 Å². The lowest BCUT2D eigenvalue weighted by molar-refractivity contribution is -0.141. The Labute approximate surface area is 245 Å². The van der Waals surface area contributed by atoms with Gasteiger partial charge >= 0.3 is 0 Å². The minimum absolute atomic E-state index is 0.0842. The lowest BCUT2D eigenvalue weighted by Crippen LogP contribution is -2.51. The van der Waals surface area contributed by atoms with Crippen molar-refractivity contribution in [2.45, 2.75) is 72.0 Å². The summed E-state index contributed by atoms with van der Waals surface area (Å²) in [6.45, 7) is 8.28. The van der Waals surface area contributed by atoms with Crippen LogP contribution in [0.5, 0.6) is 0 Å². The SMILES string of the molecule is CCc1ccc(N(CCCC(=O)N(Cc2cccc(C)c2)[C@H](Cc2ccccc2)C(=O)NC(C)C)S(C)(=O)=O)cc1. The molecule has 0 unspecified atom stereocenters. The maximum absolute atomic E-state index is 13.9. The summed E-state index contributed by atoms with van der Waals surface area (Å²) in [6.07, 6.45) is 2.83. The Morgan fingerprint density at radius 1 is 0.878 bits per heavy atom. The monoisotopic (exact) mass is 577 g/mol. The van der Waals surface area contributed by atoms with Gasteiger partial charge in [-0.2, -0.15) is 0 Å². The second-order valence-corrected chi connectivity index (χ2v) is 12.7. The van der Waals surface area contributed by atoms with Crippen molar-refractivity contribution in [3.05, 3.63) is 101 Å². The van der Waals surface area contributed by atoms with E-state index in [-0.39, 0.29) is 37.4 Å². The van der Waals surface area contributed by atoms with Crippen LogP contribution in [0, 0.1) is 6.92 Å². The molecule has 0 aliphatic heterocycles. The number of hydrogen-bond acceptors (Lipinski definition) is 4. The molecule has 41 heavy (non-hydrogen) atoms. The smallest absolute Gasteiger partial charge is 0.243 e. The van der Waals surface area contributed by atoms with E-state index in [1.807, 2.05) is 94.4 Å². The normalized spacial score (nSPS) is 12.1. The molecule has 0 fully saturated rings. The molecule has 0 aliphatic carbocycles. The van der Waals surface area contributed by atoms with E-state index < -0.39 is 16.1 Å². The molecule has 8 heteroatoms. The third-order valence-corrected chi connectivity index (χ3v) is 8.12. The Balaban J connectivity index is 1.87. The molecule has 0 saturated heterocycles. The van der Waals surface area contributed by atoms with Crippen LogP contribution in [0.3, 0.4) is 0 Å². The first kappa shape index (κ1) is 31.9. The number of rotatable bonds is 14. The maximum atomic E-state index is 13.9. The minimum Gasteiger partial charge on any atom is -0.352 e. The minimum atomic E-state index is -3.55. The van der Waals surface area contributed by atoms with Gasteiger partial charge in [0.2, 0.25) is 21.8 Å². The van der Waals surface area contributed by atoms with Crippen molar-refractivity contribution in [2.24, 2.45) is 0 Å². The van der Waals surface area contributed by atoms with Gasteiger partial charge in [0.25, 0.3) is 0 Å². The van der Waals surface area contributed by atoms with Crippen molar-refractivity contribution in [3.8, 4) is 0 Å². The molecule has 0 saturated carbocycles. The van der Waals surface area contributed by atoms with Crippen LogP contribution in [0.4, 0.5) is 5.69 Å². The number of benzene rings is 3. The van der Waals surface area contributed by atoms with Gasteiger partial charge in [-0.1, -0.05) is 79.2 Å². The van der Waals surface area contributed by atoms with Crippen LogP contribution in [0.25, 0.3) is 0 Å². The van der Waals surface area contributed by atoms with Crippen LogP contribution in [-0.4, -0.2) is 50.0 Å². The zero-order valence-corrected chi connectivity index (χ0v) is 25.7. The summed E-state index contributed by atoms with van der Waals surface area (Å²) in [4.78, 5) is 29.1. The Morgan fingerprint density at radius 2 is 1.54 bits per heavy atom. The topological polar surface area (TPSA) is 86.8 Å². The second kappa shape index (κ2) is 14.8. The fourth-order valence-corrected chi connectivity index (χ4v) is 5.81. The highest BCUT2D eigenvalue weighted by molar-refractivity contribution is 7.92. The summed E-state index contributed by atoms with van der Waals surface area (Å²) in [5.74, 6) is -0.403. The molecule has 0 spiro atoms. The molecule has 220 valence electrons. The van der Waals surface area contributed by atoms with Crippen molar-refractivity contribution in [3.63, 3.8) is 0 Å². The van der Waals surface area contributed by atoms with Crippen LogP contribution < -0.4 is 9.62 Å². The molecule has 7 nitrogen and oxygen atoms in total. The summed E-state index contributed by atoms with van der Waals surface area (Å²) < 4.78 is 26.6. The van der Waals surface area contributed by atoms with Crippen molar-refractivity contribution in [1.82, 2.24) is 10.2 Å². The number of amides is 2. The molecule has 0 aromatic heterocycles. The predicted molar refractivity (Wildman–Crippen MR) is 166 cm³/mol. The van der Waals surface area contributed by atoms with Crippen molar-refractivity contribution >= 4 is 27.5 Å². The maximum Gasteiger partial charge on any atom is 0.243 e. The molecule has 3 rings (SSSR count). The second-order valence-electron chi connectivity index (χ2n) is 10.8. The van der Waals surface area contributed by atoms with Gasteiger partial charge in [-0.3, -0.25) is 13.9 Å². The van der Waals surface area contributed by atoms with Crippen LogP contribution in [0.2, 0.25) is 0 Å². The molecule has 0 aliphatic rings. The Hall–Kier alpha value is -3.65. The Kier molecular flexibility index (Phi) is 11.5. The third kappa shape index (κ3) is 9.74. The van der Waals surface area contributed by atoms with E-state index in [4.69, 9.17) is 0 Å². The van der Waals surface area contributed by atoms with Crippen LogP contribution >= 0.6 is 0 Å². The summed E-state index contributed by atoms with van der Waals surface area (Å²) in [5, 5.41) is 3.00. The number of hydrogen-bond donors (Lipinski definition) is 1. The van der Waals surface area contributed by atoms with E-state index in [1.54, 1.807) is 17.0 Å². The number of sulfonamides is 1. The summed E-state index contributed by atoms with van der Waals surface area (Å²) >= 11 is 0. The van der Waals surface area contributed by atoms with Crippen LogP contribution in [0.1, 0.15) is 55.9 Å². The zero-order valence-electron chi connectivity index (χ0n) is 24.8. The number of nitrogens with one attached hydrogen (secondary N) is 1. The fraction of sp³-hybridized carbons (Fsp3) is 0.394. The zero-order chi connectivity index (χ0) is 30.0. The number of nitrogens with zero attached hydrogens (tertiary/aromatic N) is 2. The highest BCUT2D eigenvalue weighted by atomic mass is 32.2. The van der Waals surface area contributed by atoms with Gasteiger partial charge < -0.3 is 10.2 Å². The average Bonchev–Trinajstić information content (AvgIpc) is 2.92. The summed E-state index contributed by atoms with van der Waals surface area (Å²) in [7, 11) is -3.55. The molecular weight excluding hydrogens is 534 g/mol. The molecule has 0 heterocycles. The van der Waals surface area contributed by atoms with E-state index >= 15 is 0 Å². The Morgan fingerprint density at radius 3 is 2.12 bits per heavy atom. The van der Waals surface area contributed by atoms with Gasteiger partial charge in [-0.05, 0) is 62.4 Å². The number of anilines is 1. The van der Waals surface area contributed by atoms with E-state index in [0.29, 0.717) is 18.5 Å². The molecule has 3 aromatic carbocycles. The van der Waals surface area contributed by atoms with Crippen LogP contribution in [0.15, 0.2) is 78.9 Å². The number of aryl methyl sites for hydroxylation is 2. The van der Waals surface area contributed by atoms with Gasteiger partial charge in [-0.25, -0.2) is 8.42 Å². The first-order valence-corrected chi connectivity index (χ1v) is 16.1. The third-order valence-electron chi connectivity index (χ3n) is 6.92. The molecule has 0 bridgehead atoms.